The summed E-state index contributed by atoms with van der Waals surface area (Å²) in [5.74, 6) is -1.45. The molecule has 0 atom stereocenters. The van der Waals surface area contributed by atoms with Crippen LogP contribution in [-0.4, -0.2) is 24.3 Å². The Kier molecular flexibility index (Phi) is 6.95. The highest BCUT2D eigenvalue weighted by Crippen LogP contribution is 2.26. The van der Waals surface area contributed by atoms with E-state index in [0.29, 0.717) is 26.9 Å². The number of carbonyl (C=O) groups is 3. The first-order chi connectivity index (χ1) is 12.4. The Morgan fingerprint density at radius 2 is 1.81 bits per heavy atom. The summed E-state index contributed by atoms with van der Waals surface area (Å²) < 4.78 is 4.87. The van der Waals surface area contributed by atoms with Crippen LogP contribution >= 0.6 is 23.2 Å². The van der Waals surface area contributed by atoms with E-state index in [-0.39, 0.29) is 5.78 Å². The molecule has 2 aromatic carbocycles. The maximum Gasteiger partial charge on any atom is 0.331 e. The van der Waals surface area contributed by atoms with Crippen LogP contribution in [0.25, 0.3) is 6.08 Å². The lowest BCUT2D eigenvalue weighted by Gasteiger charge is -2.08. The molecule has 0 saturated heterocycles. The fourth-order valence-corrected chi connectivity index (χ4v) is 2.45. The van der Waals surface area contributed by atoms with Crippen molar-refractivity contribution in [3.05, 3.63) is 69.7 Å². The van der Waals surface area contributed by atoms with E-state index >= 15 is 0 Å². The molecule has 0 aliphatic rings. The summed E-state index contributed by atoms with van der Waals surface area (Å²) in [5.41, 5.74) is 1.29. The highest BCUT2D eigenvalue weighted by Gasteiger charge is 2.11. The molecule has 5 nitrogen and oxygen atoms in total. The molecule has 0 fully saturated rings. The van der Waals surface area contributed by atoms with Gasteiger partial charge in [-0.2, -0.15) is 0 Å². The molecule has 0 spiro atoms. The zero-order chi connectivity index (χ0) is 19.1. The lowest BCUT2D eigenvalue weighted by Crippen LogP contribution is -2.21. The predicted molar refractivity (Wildman–Crippen MR) is 102 cm³/mol. The SMILES string of the molecule is CC(=O)c1ccccc1NC(=O)COC(=O)/C=C/c1cccc(Cl)c1Cl. The number of carbonyl (C=O) groups excluding carboxylic acids is 3. The van der Waals surface area contributed by atoms with E-state index in [0.717, 1.165) is 6.08 Å². The standard InChI is InChI=1S/C19H15Cl2NO4/c1-12(23)14-6-2-3-8-16(14)22-17(24)11-26-18(25)10-9-13-5-4-7-15(20)19(13)21/h2-10H,11H2,1H3,(H,22,24)/b10-9+. The average Bonchev–Trinajstić information content (AvgIpc) is 2.61. The summed E-state index contributed by atoms with van der Waals surface area (Å²) >= 11 is 11.9. The van der Waals surface area contributed by atoms with E-state index in [9.17, 15) is 14.4 Å². The maximum absolute atomic E-state index is 11.9. The Hall–Kier alpha value is -2.63. The molecule has 7 heteroatoms. The minimum absolute atomic E-state index is 0.181. The first kappa shape index (κ1) is 19.7. The second kappa shape index (κ2) is 9.17. The van der Waals surface area contributed by atoms with E-state index in [1.807, 2.05) is 0 Å². The van der Waals surface area contributed by atoms with Gasteiger partial charge in [-0.05, 0) is 36.8 Å². The number of halogens is 2. The van der Waals surface area contributed by atoms with Gasteiger partial charge < -0.3 is 10.1 Å². The third kappa shape index (κ3) is 5.44. The van der Waals surface area contributed by atoms with Gasteiger partial charge in [0.2, 0.25) is 0 Å². The third-order valence-electron chi connectivity index (χ3n) is 3.31. The summed E-state index contributed by atoms with van der Waals surface area (Å²) in [6, 6.07) is 11.6. The van der Waals surface area contributed by atoms with Gasteiger partial charge >= 0.3 is 5.97 Å². The fourth-order valence-electron chi connectivity index (χ4n) is 2.08. The number of rotatable bonds is 6. The first-order valence-electron chi connectivity index (χ1n) is 7.57. The first-order valence-corrected chi connectivity index (χ1v) is 8.32. The van der Waals surface area contributed by atoms with Crippen molar-refractivity contribution < 1.29 is 19.1 Å². The number of hydrogen-bond acceptors (Lipinski definition) is 4. The molecule has 0 heterocycles. The van der Waals surface area contributed by atoms with Crippen molar-refractivity contribution in [1.82, 2.24) is 0 Å². The molecule has 2 aromatic rings. The van der Waals surface area contributed by atoms with Crippen LogP contribution in [0, 0.1) is 0 Å². The summed E-state index contributed by atoms with van der Waals surface area (Å²) in [6.45, 7) is 0.912. The lowest BCUT2D eigenvalue weighted by atomic mass is 10.1. The van der Waals surface area contributed by atoms with E-state index < -0.39 is 18.5 Å². The predicted octanol–water partition coefficient (Wildman–Crippen LogP) is 4.39. The second-order valence-corrected chi connectivity index (χ2v) is 6.02. The highest BCUT2D eigenvalue weighted by atomic mass is 35.5. The molecule has 26 heavy (non-hydrogen) atoms. The topological polar surface area (TPSA) is 72.5 Å². The van der Waals surface area contributed by atoms with Crippen LogP contribution in [0.15, 0.2) is 48.5 Å². The van der Waals surface area contributed by atoms with Gasteiger partial charge in [0.15, 0.2) is 12.4 Å². The molecule has 1 amide bonds. The van der Waals surface area contributed by atoms with Gasteiger partial charge in [0.05, 0.1) is 15.7 Å². The molecule has 0 radical (unpaired) electrons. The van der Waals surface area contributed by atoms with Gasteiger partial charge in [0.1, 0.15) is 0 Å². The van der Waals surface area contributed by atoms with E-state index in [1.54, 1.807) is 42.5 Å². The van der Waals surface area contributed by atoms with Crippen LogP contribution in [0.5, 0.6) is 0 Å². The van der Waals surface area contributed by atoms with Gasteiger partial charge in [0, 0.05) is 11.6 Å². The molecule has 0 aliphatic heterocycles. The van der Waals surface area contributed by atoms with Crippen LogP contribution in [0.3, 0.4) is 0 Å². The minimum atomic E-state index is -0.712. The van der Waals surface area contributed by atoms with Crippen LogP contribution in [0.2, 0.25) is 10.0 Å². The molecule has 0 aliphatic carbocycles. The van der Waals surface area contributed by atoms with Crippen molar-refractivity contribution in [3.63, 3.8) is 0 Å². The van der Waals surface area contributed by atoms with Gasteiger partial charge in [-0.3, -0.25) is 9.59 Å². The van der Waals surface area contributed by atoms with Crippen LogP contribution < -0.4 is 5.32 Å². The van der Waals surface area contributed by atoms with Gasteiger partial charge in [0.25, 0.3) is 5.91 Å². The van der Waals surface area contributed by atoms with Crippen molar-refractivity contribution in [2.75, 3.05) is 11.9 Å². The van der Waals surface area contributed by atoms with Crippen LogP contribution in [0.1, 0.15) is 22.8 Å². The lowest BCUT2D eigenvalue weighted by molar-refractivity contribution is -0.142. The number of Topliss-reactive ketones (excluding diaryl/α,β-unsaturated/α-hetero) is 1. The molecule has 0 saturated carbocycles. The number of benzene rings is 2. The number of hydrogen-bond donors (Lipinski definition) is 1. The monoisotopic (exact) mass is 391 g/mol. The maximum atomic E-state index is 11.9. The Bertz CT molecular complexity index is 878. The third-order valence-corrected chi connectivity index (χ3v) is 4.14. The van der Waals surface area contributed by atoms with E-state index in [4.69, 9.17) is 27.9 Å². The van der Waals surface area contributed by atoms with Gasteiger partial charge in [-0.1, -0.05) is 47.5 Å². The Labute approximate surface area is 160 Å². The quantitative estimate of drug-likeness (QED) is 0.450. The van der Waals surface area contributed by atoms with Crippen molar-refractivity contribution in [1.29, 1.82) is 0 Å². The largest absolute Gasteiger partial charge is 0.452 e. The van der Waals surface area contributed by atoms with E-state index in [1.165, 1.54) is 13.0 Å². The molecular weight excluding hydrogens is 377 g/mol. The number of nitrogens with one attached hydrogen (secondary N) is 1. The normalized spacial score (nSPS) is 10.6. The number of amides is 1. The average molecular weight is 392 g/mol. The Morgan fingerprint density at radius 3 is 2.54 bits per heavy atom. The summed E-state index contributed by atoms with van der Waals surface area (Å²) in [4.78, 5) is 35.1. The Morgan fingerprint density at radius 1 is 1.08 bits per heavy atom. The second-order valence-electron chi connectivity index (χ2n) is 5.23. The van der Waals surface area contributed by atoms with Crippen LogP contribution in [0.4, 0.5) is 5.69 Å². The number of para-hydroxylation sites is 1. The Balaban J connectivity index is 1.91. The molecule has 0 aromatic heterocycles. The number of ether oxygens (including phenoxy) is 1. The van der Waals surface area contributed by atoms with Gasteiger partial charge in [-0.25, -0.2) is 4.79 Å². The van der Waals surface area contributed by atoms with Crippen molar-refractivity contribution in [2.45, 2.75) is 6.92 Å². The molecular formula is C19H15Cl2NO4. The molecule has 0 unspecified atom stereocenters. The fraction of sp³-hybridized carbons (Fsp3) is 0.105. The minimum Gasteiger partial charge on any atom is -0.452 e. The summed E-state index contributed by atoms with van der Waals surface area (Å²) in [5, 5.41) is 3.22. The van der Waals surface area contributed by atoms with Crippen molar-refractivity contribution in [3.8, 4) is 0 Å². The molecule has 0 bridgehead atoms. The number of ketones is 1. The van der Waals surface area contributed by atoms with E-state index in [2.05, 4.69) is 5.32 Å². The smallest absolute Gasteiger partial charge is 0.331 e. The zero-order valence-corrected chi connectivity index (χ0v) is 15.3. The molecule has 1 N–H and O–H groups in total. The summed E-state index contributed by atoms with van der Waals surface area (Å²) in [6.07, 6.45) is 2.59. The number of anilines is 1. The highest BCUT2D eigenvalue weighted by molar-refractivity contribution is 6.42. The van der Waals surface area contributed by atoms with Crippen LogP contribution in [-0.2, 0) is 14.3 Å². The van der Waals surface area contributed by atoms with Gasteiger partial charge in [-0.15, -0.1) is 0 Å². The summed E-state index contributed by atoms with van der Waals surface area (Å²) in [7, 11) is 0. The number of esters is 1. The van der Waals surface area contributed by atoms with Crippen molar-refractivity contribution >= 4 is 52.6 Å². The molecule has 2 rings (SSSR count). The zero-order valence-electron chi connectivity index (χ0n) is 13.8. The van der Waals surface area contributed by atoms with Crippen molar-refractivity contribution in [2.24, 2.45) is 0 Å². The molecule has 134 valence electrons.